The number of anilines is 3. The molecule has 0 radical (unpaired) electrons. The number of likely N-dealkylation sites (N-methyl/N-ethyl adjacent to an activating group) is 1. The summed E-state index contributed by atoms with van der Waals surface area (Å²) in [5.74, 6) is 1.67. The van der Waals surface area contributed by atoms with Crippen molar-refractivity contribution in [3.63, 3.8) is 0 Å². The van der Waals surface area contributed by atoms with Gasteiger partial charge in [0, 0.05) is 49.6 Å². The molecule has 0 saturated heterocycles. The van der Waals surface area contributed by atoms with Gasteiger partial charge in [-0.3, -0.25) is 19.3 Å². The number of hydrogen-bond donors (Lipinski definition) is 4. The number of rotatable bonds is 14. The number of nitrogens with one attached hydrogen (secondary N) is 2. The van der Waals surface area contributed by atoms with Crippen LogP contribution in [0.1, 0.15) is 57.1 Å². The average Bonchev–Trinajstić information content (AvgIpc) is 3.57. The Labute approximate surface area is 293 Å². The van der Waals surface area contributed by atoms with Gasteiger partial charge in [-0.25, -0.2) is 0 Å². The summed E-state index contributed by atoms with van der Waals surface area (Å²) in [6, 6.07) is 18.1. The molecule has 2 aliphatic heterocycles. The number of aliphatic hydroxyl groups excluding tert-OH is 1. The summed E-state index contributed by atoms with van der Waals surface area (Å²) in [7, 11) is 2.03. The van der Waals surface area contributed by atoms with Gasteiger partial charge in [0.05, 0.1) is 30.4 Å². The molecule has 0 spiro atoms. The molecule has 0 aromatic heterocycles. The fourth-order valence-corrected chi connectivity index (χ4v) is 6.24. The first kappa shape index (κ1) is 36.5. The van der Waals surface area contributed by atoms with Gasteiger partial charge in [-0.05, 0) is 74.8 Å². The monoisotopic (exact) mass is 687 g/mol. The van der Waals surface area contributed by atoms with Gasteiger partial charge in [0.25, 0.3) is 0 Å². The molecular formula is C38H49N5O7. The van der Waals surface area contributed by atoms with E-state index in [1.807, 2.05) is 50.4 Å². The molecule has 0 bridgehead atoms. The lowest BCUT2D eigenvalue weighted by molar-refractivity contribution is -0.134. The molecule has 3 aromatic carbocycles. The smallest absolute Gasteiger partial charge is 0.231 e. The third kappa shape index (κ3) is 9.88. The molecule has 0 saturated carbocycles. The highest BCUT2D eigenvalue weighted by molar-refractivity contribution is 5.94. The molecule has 2 heterocycles. The Hall–Kier alpha value is -4.81. The van der Waals surface area contributed by atoms with E-state index in [0.29, 0.717) is 73.7 Å². The zero-order valence-corrected chi connectivity index (χ0v) is 29.2. The summed E-state index contributed by atoms with van der Waals surface area (Å²) in [6.07, 6.45) is 2.46. The number of carbonyl (C=O) groups excluding carboxylic acids is 3. The molecule has 5 N–H and O–H groups in total. The maximum absolute atomic E-state index is 13.6. The lowest BCUT2D eigenvalue weighted by Crippen LogP contribution is -2.47. The molecule has 2 aliphatic rings. The maximum Gasteiger partial charge on any atom is 0.231 e. The van der Waals surface area contributed by atoms with Crippen molar-refractivity contribution >= 4 is 34.8 Å². The summed E-state index contributed by atoms with van der Waals surface area (Å²) in [6.45, 7) is 5.66. The number of aliphatic hydroxyl groups is 1. The van der Waals surface area contributed by atoms with Crippen molar-refractivity contribution < 1.29 is 33.7 Å². The highest BCUT2D eigenvalue weighted by atomic mass is 16.7. The van der Waals surface area contributed by atoms with Gasteiger partial charge in [0.1, 0.15) is 11.9 Å². The van der Waals surface area contributed by atoms with E-state index in [2.05, 4.69) is 22.5 Å². The Morgan fingerprint density at radius 1 is 0.980 bits per heavy atom. The van der Waals surface area contributed by atoms with E-state index in [1.165, 1.54) is 0 Å². The van der Waals surface area contributed by atoms with E-state index in [4.69, 9.17) is 19.9 Å². The summed E-state index contributed by atoms with van der Waals surface area (Å²) < 4.78 is 17.7. The first-order valence-corrected chi connectivity index (χ1v) is 17.3. The van der Waals surface area contributed by atoms with Crippen LogP contribution in [-0.2, 0) is 27.3 Å². The highest BCUT2D eigenvalue weighted by Gasteiger charge is 2.31. The average molecular weight is 688 g/mol. The van der Waals surface area contributed by atoms with E-state index in [-0.39, 0.29) is 55.6 Å². The van der Waals surface area contributed by atoms with Gasteiger partial charge < -0.3 is 40.6 Å². The van der Waals surface area contributed by atoms with Crippen molar-refractivity contribution in [1.29, 1.82) is 0 Å². The Morgan fingerprint density at radius 2 is 1.70 bits per heavy atom. The standard InChI is InChI=1S/C38H49N5O7/c1-25-20-43(26(2)23-44)38(47)19-28-18-29(40-36(45)11-5-4-6-12-37(46)41-31-10-8-7-9-30(31)39)14-16-32(28)50-35(25)22-42(3)21-27-13-15-33-34(17-27)49-24-48-33/h7-10,13-18,25-26,35,44H,4-6,11-12,19-24,39H2,1-3H3,(H,40,45)(H,41,46)/t25-,26+,35-/m1/s1. The van der Waals surface area contributed by atoms with Crippen LogP contribution in [0.25, 0.3) is 0 Å². The van der Waals surface area contributed by atoms with Crippen LogP contribution < -0.4 is 30.6 Å². The number of nitrogens with zero attached hydrogens (tertiary/aromatic N) is 2. The van der Waals surface area contributed by atoms with Crippen LogP contribution in [0.5, 0.6) is 17.2 Å². The van der Waals surface area contributed by atoms with Gasteiger partial charge in [-0.2, -0.15) is 0 Å². The third-order valence-corrected chi connectivity index (χ3v) is 9.12. The van der Waals surface area contributed by atoms with Crippen LogP contribution in [0.2, 0.25) is 0 Å². The van der Waals surface area contributed by atoms with Gasteiger partial charge in [0.15, 0.2) is 11.5 Å². The number of fused-ring (bicyclic) bond motifs is 2. The zero-order chi connectivity index (χ0) is 35.6. The third-order valence-electron chi connectivity index (χ3n) is 9.12. The number of ether oxygens (including phenoxy) is 3. The molecular weight excluding hydrogens is 638 g/mol. The number of nitrogen functional groups attached to an aromatic ring is 1. The quantitative estimate of drug-likeness (QED) is 0.138. The SMILES string of the molecule is C[C@@H]1CN([C@@H](C)CO)C(=O)Cc2cc(NC(=O)CCCCCC(=O)Nc3ccccc3N)ccc2O[C@@H]1CN(C)Cc1ccc2c(c1)OCO2. The number of unbranched alkanes of at least 4 members (excludes halogenated alkanes) is 2. The van der Waals surface area contributed by atoms with Gasteiger partial charge >= 0.3 is 0 Å². The van der Waals surface area contributed by atoms with Gasteiger partial charge in [-0.1, -0.05) is 31.5 Å². The van der Waals surface area contributed by atoms with Crippen molar-refractivity contribution in [2.75, 3.05) is 49.9 Å². The molecule has 12 nitrogen and oxygen atoms in total. The van der Waals surface area contributed by atoms with Gasteiger partial charge in [-0.15, -0.1) is 0 Å². The lowest BCUT2D eigenvalue weighted by Gasteiger charge is -2.34. The van der Waals surface area contributed by atoms with Crippen molar-refractivity contribution in [3.8, 4) is 17.2 Å². The van der Waals surface area contributed by atoms with E-state index < -0.39 is 0 Å². The minimum atomic E-state index is -0.357. The highest BCUT2D eigenvalue weighted by Crippen LogP contribution is 2.33. The fourth-order valence-electron chi connectivity index (χ4n) is 6.24. The topological polar surface area (TPSA) is 156 Å². The summed E-state index contributed by atoms with van der Waals surface area (Å²) in [4.78, 5) is 42.6. The van der Waals surface area contributed by atoms with Crippen molar-refractivity contribution in [2.24, 2.45) is 5.92 Å². The van der Waals surface area contributed by atoms with E-state index in [9.17, 15) is 19.5 Å². The predicted molar refractivity (Wildman–Crippen MR) is 192 cm³/mol. The Balaban J connectivity index is 1.19. The molecule has 0 aliphatic carbocycles. The maximum atomic E-state index is 13.6. The summed E-state index contributed by atoms with van der Waals surface area (Å²) in [5, 5.41) is 15.8. The van der Waals surface area contributed by atoms with Crippen LogP contribution in [0.4, 0.5) is 17.1 Å². The lowest BCUT2D eigenvalue weighted by atomic mass is 10.0. The molecule has 3 aromatic rings. The second-order valence-electron chi connectivity index (χ2n) is 13.3. The Kier molecular flexibility index (Phi) is 12.6. The van der Waals surface area contributed by atoms with Crippen LogP contribution in [-0.4, -0.2) is 78.3 Å². The van der Waals surface area contributed by atoms with Gasteiger partial charge in [0.2, 0.25) is 24.5 Å². The van der Waals surface area contributed by atoms with Crippen LogP contribution in [0.15, 0.2) is 60.7 Å². The van der Waals surface area contributed by atoms with Crippen molar-refractivity contribution in [3.05, 3.63) is 71.8 Å². The number of nitrogens with two attached hydrogens (primary N) is 1. The van der Waals surface area contributed by atoms with Crippen molar-refractivity contribution in [1.82, 2.24) is 9.80 Å². The largest absolute Gasteiger partial charge is 0.488 e. The number of carbonyl (C=O) groups is 3. The fraction of sp³-hybridized carbons (Fsp3) is 0.447. The molecule has 50 heavy (non-hydrogen) atoms. The van der Waals surface area contributed by atoms with Crippen LogP contribution in [0.3, 0.4) is 0 Å². The van der Waals surface area contributed by atoms with E-state index in [0.717, 1.165) is 23.5 Å². The second-order valence-corrected chi connectivity index (χ2v) is 13.3. The first-order valence-electron chi connectivity index (χ1n) is 17.3. The second kappa shape index (κ2) is 17.2. The minimum Gasteiger partial charge on any atom is -0.488 e. The normalized spacial score (nSPS) is 17.6. The number of hydrogen-bond acceptors (Lipinski definition) is 9. The molecule has 3 amide bonds. The summed E-state index contributed by atoms with van der Waals surface area (Å²) >= 11 is 0. The minimum absolute atomic E-state index is 0.0416. The molecule has 12 heteroatoms. The van der Waals surface area contributed by atoms with E-state index in [1.54, 1.807) is 29.2 Å². The molecule has 268 valence electrons. The van der Waals surface area contributed by atoms with Crippen LogP contribution >= 0.6 is 0 Å². The Morgan fingerprint density at radius 3 is 2.46 bits per heavy atom. The molecule has 3 atom stereocenters. The number of para-hydroxylation sites is 2. The van der Waals surface area contributed by atoms with Crippen molar-refractivity contribution in [2.45, 2.75) is 71.1 Å². The van der Waals surface area contributed by atoms with E-state index >= 15 is 0 Å². The molecule has 5 rings (SSSR count). The predicted octanol–water partition coefficient (Wildman–Crippen LogP) is 4.81. The number of benzene rings is 3. The van der Waals surface area contributed by atoms with Crippen LogP contribution in [0, 0.1) is 5.92 Å². The summed E-state index contributed by atoms with van der Waals surface area (Å²) in [5.41, 5.74) is 9.34. The molecule has 0 fully saturated rings. The zero-order valence-electron chi connectivity index (χ0n) is 29.2. The Bertz CT molecular complexity index is 1650. The number of amides is 3. The molecule has 0 unspecified atom stereocenters. The first-order chi connectivity index (χ1) is 24.1.